The monoisotopic (exact) mass is 380 g/mol. The topological polar surface area (TPSA) is 67.8 Å². The normalized spacial score (nSPS) is 11.9. The molecule has 0 unspecified atom stereocenters. The molecule has 0 atom stereocenters. The molecule has 0 fully saturated rings. The number of nitrogens with zero attached hydrogens (tertiary/aromatic N) is 1. The summed E-state index contributed by atoms with van der Waals surface area (Å²) in [7, 11) is -2.32. The lowest BCUT2D eigenvalue weighted by Gasteiger charge is -2.13. The fourth-order valence-corrected chi connectivity index (χ4v) is 3.48. The molecule has 138 valence electrons. The van der Waals surface area contributed by atoms with Crippen molar-refractivity contribution >= 4 is 21.5 Å². The highest BCUT2D eigenvalue weighted by Gasteiger charge is 2.16. The number of nitrogens with one attached hydrogen (secondary N) is 1. The van der Waals surface area contributed by atoms with Gasteiger partial charge in [0.1, 0.15) is 5.75 Å². The standard InChI is InChI=1S/C21H20N2O3S/c1-16-12-14-18(15-13-16)27(24,25)23-21(17-8-4-3-5-9-17)22-19-10-6-7-11-20(19)26-2/h3-15H,1-2H3,(H,22,23). The molecular formula is C21H20N2O3S. The molecule has 3 aromatic rings. The molecule has 0 aliphatic rings. The summed E-state index contributed by atoms with van der Waals surface area (Å²) < 4.78 is 35.0. The van der Waals surface area contributed by atoms with Crippen molar-refractivity contribution in [1.82, 2.24) is 0 Å². The second-order valence-corrected chi connectivity index (χ2v) is 7.52. The van der Waals surface area contributed by atoms with Gasteiger partial charge in [-0.1, -0.05) is 60.2 Å². The Balaban J connectivity index is 2.07. The van der Waals surface area contributed by atoms with Crippen LogP contribution in [0.15, 0.2) is 88.2 Å². The fourth-order valence-electron chi connectivity index (χ4n) is 2.50. The molecule has 0 aromatic heterocycles. The van der Waals surface area contributed by atoms with E-state index in [0.717, 1.165) is 5.56 Å². The first-order chi connectivity index (χ1) is 13.0. The Kier molecular flexibility index (Phi) is 5.57. The zero-order chi connectivity index (χ0) is 19.3. The smallest absolute Gasteiger partial charge is 0.284 e. The maximum absolute atomic E-state index is 12.8. The van der Waals surface area contributed by atoms with Gasteiger partial charge in [-0.25, -0.2) is 0 Å². The molecule has 0 aliphatic heterocycles. The molecule has 0 radical (unpaired) electrons. The third-order valence-corrected chi connectivity index (χ3v) is 5.23. The van der Waals surface area contributed by atoms with E-state index in [1.807, 2.05) is 37.3 Å². The number of hydrogen-bond acceptors (Lipinski definition) is 3. The highest BCUT2D eigenvalue weighted by Crippen LogP contribution is 2.24. The summed E-state index contributed by atoms with van der Waals surface area (Å²) in [6, 6.07) is 23.0. The predicted octanol–water partition coefficient (Wildman–Crippen LogP) is 4.25. The number of methoxy groups -OCH3 is 1. The molecule has 6 heteroatoms. The van der Waals surface area contributed by atoms with Gasteiger partial charge in [0.25, 0.3) is 10.0 Å². The summed E-state index contributed by atoms with van der Waals surface area (Å²) in [5, 5.41) is 3.10. The second-order valence-electron chi connectivity index (χ2n) is 5.92. The van der Waals surface area contributed by atoms with E-state index in [9.17, 15) is 8.42 Å². The summed E-state index contributed by atoms with van der Waals surface area (Å²) in [4.78, 5) is 0.142. The van der Waals surface area contributed by atoms with Gasteiger partial charge >= 0.3 is 0 Å². The summed E-state index contributed by atoms with van der Waals surface area (Å²) in [6.07, 6.45) is 0. The number of para-hydroxylation sites is 2. The van der Waals surface area contributed by atoms with Crippen LogP contribution in [0.3, 0.4) is 0 Å². The molecule has 1 N–H and O–H groups in total. The number of benzene rings is 3. The van der Waals surface area contributed by atoms with Gasteiger partial charge in [-0.3, -0.25) is 0 Å². The number of rotatable bonds is 5. The Morgan fingerprint density at radius 3 is 2.19 bits per heavy atom. The minimum atomic E-state index is -3.88. The second kappa shape index (κ2) is 8.05. The molecule has 0 bridgehead atoms. The van der Waals surface area contributed by atoms with Crippen LogP contribution in [0.25, 0.3) is 0 Å². The Hall–Kier alpha value is -3.12. The van der Waals surface area contributed by atoms with Gasteiger partial charge in [-0.2, -0.15) is 8.42 Å². The fraction of sp³-hybridized carbons (Fsp3) is 0.0952. The van der Waals surface area contributed by atoms with Crippen molar-refractivity contribution in [3.63, 3.8) is 0 Å². The SMILES string of the molecule is COc1ccccc1N/C(=N\S(=O)(=O)c1ccc(C)cc1)c1ccccc1. The van der Waals surface area contributed by atoms with Gasteiger partial charge in [-0.15, -0.1) is 4.40 Å². The third kappa shape index (κ3) is 4.54. The van der Waals surface area contributed by atoms with Crippen molar-refractivity contribution in [3.8, 4) is 5.75 Å². The van der Waals surface area contributed by atoms with Gasteiger partial charge < -0.3 is 10.1 Å². The minimum Gasteiger partial charge on any atom is -0.495 e. The van der Waals surface area contributed by atoms with E-state index in [-0.39, 0.29) is 10.7 Å². The van der Waals surface area contributed by atoms with Crippen LogP contribution in [0.1, 0.15) is 11.1 Å². The van der Waals surface area contributed by atoms with Gasteiger partial charge in [0.15, 0.2) is 5.84 Å². The van der Waals surface area contributed by atoms with Crippen LogP contribution in [-0.4, -0.2) is 21.4 Å². The number of aryl methyl sites for hydroxylation is 1. The van der Waals surface area contributed by atoms with Crippen LogP contribution in [0, 0.1) is 6.92 Å². The number of sulfonamides is 1. The van der Waals surface area contributed by atoms with Crippen molar-refractivity contribution in [2.24, 2.45) is 4.40 Å². The molecule has 0 spiro atoms. The van der Waals surface area contributed by atoms with E-state index in [0.29, 0.717) is 17.0 Å². The largest absolute Gasteiger partial charge is 0.495 e. The molecule has 3 aromatic carbocycles. The van der Waals surface area contributed by atoms with Crippen molar-refractivity contribution in [1.29, 1.82) is 0 Å². The van der Waals surface area contributed by atoms with E-state index in [2.05, 4.69) is 9.71 Å². The molecule has 27 heavy (non-hydrogen) atoms. The van der Waals surface area contributed by atoms with Crippen molar-refractivity contribution in [3.05, 3.63) is 90.0 Å². The number of anilines is 1. The van der Waals surface area contributed by atoms with Gasteiger partial charge in [0.2, 0.25) is 0 Å². The number of ether oxygens (including phenoxy) is 1. The lowest BCUT2D eigenvalue weighted by atomic mass is 10.2. The Labute approximate surface area is 159 Å². The van der Waals surface area contributed by atoms with Crippen LogP contribution in [0.4, 0.5) is 5.69 Å². The number of hydrogen-bond donors (Lipinski definition) is 1. The maximum atomic E-state index is 12.8. The Bertz CT molecular complexity index is 1040. The molecule has 0 saturated heterocycles. The average molecular weight is 380 g/mol. The van der Waals surface area contributed by atoms with Gasteiger partial charge in [0, 0.05) is 5.56 Å². The van der Waals surface area contributed by atoms with E-state index < -0.39 is 10.0 Å². The molecule has 0 aliphatic carbocycles. The van der Waals surface area contributed by atoms with Gasteiger partial charge in [0.05, 0.1) is 17.7 Å². The Morgan fingerprint density at radius 2 is 1.52 bits per heavy atom. The van der Waals surface area contributed by atoms with Crippen molar-refractivity contribution in [2.45, 2.75) is 11.8 Å². The Morgan fingerprint density at radius 1 is 0.889 bits per heavy atom. The first-order valence-electron chi connectivity index (χ1n) is 8.37. The van der Waals surface area contributed by atoms with Crippen molar-refractivity contribution in [2.75, 3.05) is 12.4 Å². The quantitative estimate of drug-likeness (QED) is 0.531. The maximum Gasteiger partial charge on any atom is 0.284 e. The molecule has 0 amide bonds. The van der Waals surface area contributed by atoms with E-state index in [1.54, 1.807) is 55.6 Å². The predicted molar refractivity (Wildman–Crippen MR) is 108 cm³/mol. The first kappa shape index (κ1) is 18.7. The zero-order valence-electron chi connectivity index (χ0n) is 15.1. The molecule has 0 heterocycles. The van der Waals surface area contributed by atoms with E-state index in [1.165, 1.54) is 0 Å². The van der Waals surface area contributed by atoms with Crippen LogP contribution >= 0.6 is 0 Å². The number of amidine groups is 1. The molecule has 0 saturated carbocycles. The average Bonchev–Trinajstić information content (AvgIpc) is 2.69. The highest BCUT2D eigenvalue weighted by atomic mass is 32.2. The van der Waals surface area contributed by atoms with E-state index >= 15 is 0 Å². The van der Waals surface area contributed by atoms with Crippen LogP contribution in [0.5, 0.6) is 5.75 Å². The summed E-state index contributed by atoms with van der Waals surface area (Å²) in [6.45, 7) is 1.90. The summed E-state index contributed by atoms with van der Waals surface area (Å²) >= 11 is 0. The van der Waals surface area contributed by atoms with Crippen molar-refractivity contribution < 1.29 is 13.2 Å². The summed E-state index contributed by atoms with van der Waals surface area (Å²) in [5.74, 6) is 0.814. The molecular weight excluding hydrogens is 360 g/mol. The van der Waals surface area contributed by atoms with Gasteiger partial charge in [-0.05, 0) is 31.2 Å². The highest BCUT2D eigenvalue weighted by molar-refractivity contribution is 7.90. The minimum absolute atomic E-state index is 0.142. The van der Waals surface area contributed by atoms with E-state index in [4.69, 9.17) is 4.74 Å². The zero-order valence-corrected chi connectivity index (χ0v) is 15.9. The van der Waals surface area contributed by atoms with Crippen LogP contribution in [-0.2, 0) is 10.0 Å². The summed E-state index contributed by atoms with van der Waals surface area (Å²) in [5.41, 5.74) is 2.26. The lowest BCUT2D eigenvalue weighted by Crippen LogP contribution is -2.17. The molecule has 5 nitrogen and oxygen atoms in total. The first-order valence-corrected chi connectivity index (χ1v) is 9.81. The van der Waals surface area contributed by atoms with Crippen LogP contribution < -0.4 is 10.1 Å². The lowest BCUT2D eigenvalue weighted by molar-refractivity contribution is 0.417. The third-order valence-electron chi connectivity index (χ3n) is 3.94. The van der Waals surface area contributed by atoms with Crippen LogP contribution in [0.2, 0.25) is 0 Å². The molecule has 3 rings (SSSR count).